The molecule has 32 heavy (non-hydrogen) atoms. The van der Waals surface area contributed by atoms with E-state index in [-0.39, 0.29) is 5.24 Å². The molecule has 2 aromatic rings. The van der Waals surface area contributed by atoms with Gasteiger partial charge in [0.1, 0.15) is 16.5 Å². The van der Waals surface area contributed by atoms with Crippen LogP contribution in [0.15, 0.2) is 94.6 Å². The van der Waals surface area contributed by atoms with E-state index >= 15 is 0 Å². The molecule has 160 valence electrons. The minimum atomic E-state index is 0.000308. The summed E-state index contributed by atoms with van der Waals surface area (Å²) in [6, 6.07) is 20.7. The number of fused-ring (bicyclic) bond motifs is 1. The second kappa shape index (κ2) is 8.93. The molecule has 2 heterocycles. The molecule has 0 N–H and O–H groups in total. The van der Waals surface area contributed by atoms with Crippen molar-refractivity contribution in [1.82, 2.24) is 4.90 Å². The van der Waals surface area contributed by atoms with Crippen LogP contribution >= 0.6 is 24.0 Å². The van der Waals surface area contributed by atoms with E-state index in [9.17, 15) is 4.79 Å². The fraction of sp³-hybridized carbons (Fsp3) is 0.185. The van der Waals surface area contributed by atoms with E-state index in [4.69, 9.17) is 17.0 Å². The van der Waals surface area contributed by atoms with Gasteiger partial charge in [0.15, 0.2) is 0 Å². The van der Waals surface area contributed by atoms with E-state index in [1.807, 2.05) is 31.2 Å². The molecule has 1 fully saturated rings. The zero-order valence-corrected chi connectivity index (χ0v) is 19.5. The highest BCUT2D eigenvalue weighted by Gasteiger charge is 2.32. The number of benzene rings is 2. The number of hydrogen-bond acceptors (Lipinski definition) is 4. The van der Waals surface area contributed by atoms with E-state index in [1.54, 1.807) is 4.90 Å². The largest absolute Gasteiger partial charge is 0.456 e. The second-order valence-corrected chi connectivity index (χ2v) is 9.25. The first-order chi connectivity index (χ1) is 15.7. The standard InChI is InChI=1S/C27H23NO2S2/c1-2-28-26(31)24(32-27(28)29)16-20-14-9-15-21-22(18-10-5-3-6-11-18)17-23(30-25(20)21)19-12-7-4-8-13-19/h3-8,10-13,16-17H,2,9,14-15H2,1H3/b24-16-. The molecule has 2 aliphatic heterocycles. The maximum Gasteiger partial charge on any atom is 0.291 e. The molecule has 2 aromatic carbocycles. The summed E-state index contributed by atoms with van der Waals surface area (Å²) in [6.07, 6.45) is 7.13. The fourth-order valence-corrected chi connectivity index (χ4v) is 5.68. The minimum Gasteiger partial charge on any atom is -0.456 e. The third-order valence-electron chi connectivity index (χ3n) is 5.89. The number of thioether (sulfide) groups is 1. The van der Waals surface area contributed by atoms with Crippen LogP contribution in [0.3, 0.4) is 0 Å². The summed E-state index contributed by atoms with van der Waals surface area (Å²) in [5, 5.41) is 0.000308. The van der Waals surface area contributed by atoms with Gasteiger partial charge in [0.05, 0.1) is 4.91 Å². The third-order valence-corrected chi connectivity index (χ3v) is 7.39. The molecule has 0 aromatic heterocycles. The summed E-state index contributed by atoms with van der Waals surface area (Å²) >= 11 is 6.80. The number of hydrogen-bond donors (Lipinski definition) is 0. The summed E-state index contributed by atoms with van der Waals surface area (Å²) in [5.41, 5.74) is 5.76. The summed E-state index contributed by atoms with van der Waals surface area (Å²) in [6.45, 7) is 2.54. The average molecular weight is 458 g/mol. The zero-order chi connectivity index (χ0) is 22.1. The van der Waals surface area contributed by atoms with Crippen molar-refractivity contribution in [2.75, 3.05) is 6.54 Å². The molecule has 0 spiro atoms. The van der Waals surface area contributed by atoms with Crippen LogP contribution in [0.1, 0.15) is 37.3 Å². The normalized spacial score (nSPS) is 20.0. The molecule has 3 nitrogen and oxygen atoms in total. The highest BCUT2D eigenvalue weighted by molar-refractivity contribution is 8.19. The van der Waals surface area contributed by atoms with Crippen LogP contribution in [0, 0.1) is 0 Å². The van der Waals surface area contributed by atoms with Gasteiger partial charge >= 0.3 is 0 Å². The van der Waals surface area contributed by atoms with Crippen molar-refractivity contribution in [2.45, 2.75) is 26.2 Å². The van der Waals surface area contributed by atoms with E-state index in [0.717, 1.165) is 46.8 Å². The number of nitrogens with zero attached hydrogens (tertiary/aromatic N) is 1. The predicted octanol–water partition coefficient (Wildman–Crippen LogP) is 7.35. The van der Waals surface area contributed by atoms with E-state index in [0.29, 0.717) is 11.5 Å². The number of ether oxygens (including phenoxy) is 1. The van der Waals surface area contributed by atoms with Crippen LogP contribution in [0.2, 0.25) is 0 Å². The molecule has 0 saturated carbocycles. The molecular weight excluding hydrogens is 434 g/mol. The number of carbonyl (C=O) groups excluding carboxylic acids is 1. The smallest absolute Gasteiger partial charge is 0.291 e. The van der Waals surface area contributed by atoms with Crippen LogP contribution in [0.4, 0.5) is 4.79 Å². The Morgan fingerprint density at radius 2 is 1.72 bits per heavy atom. The van der Waals surface area contributed by atoms with Gasteiger partial charge in [-0.25, -0.2) is 0 Å². The van der Waals surface area contributed by atoms with Gasteiger partial charge in [-0.2, -0.15) is 0 Å². The molecule has 0 atom stereocenters. The number of carbonyl (C=O) groups is 1. The Morgan fingerprint density at radius 3 is 2.38 bits per heavy atom. The lowest BCUT2D eigenvalue weighted by Crippen LogP contribution is -2.26. The van der Waals surface area contributed by atoms with Crippen molar-refractivity contribution in [1.29, 1.82) is 0 Å². The highest BCUT2D eigenvalue weighted by Crippen LogP contribution is 2.44. The lowest BCUT2D eigenvalue weighted by atomic mass is 9.85. The van der Waals surface area contributed by atoms with Crippen LogP contribution in [-0.4, -0.2) is 21.7 Å². The van der Waals surface area contributed by atoms with Gasteiger partial charge in [-0.15, -0.1) is 0 Å². The van der Waals surface area contributed by atoms with E-state index in [1.165, 1.54) is 28.5 Å². The Hall–Kier alpha value is -2.89. The van der Waals surface area contributed by atoms with Gasteiger partial charge in [0, 0.05) is 17.7 Å². The fourth-order valence-electron chi connectivity index (χ4n) is 4.31. The van der Waals surface area contributed by atoms with Gasteiger partial charge in [-0.05, 0) is 66.8 Å². The van der Waals surface area contributed by atoms with Crippen molar-refractivity contribution in [3.05, 3.63) is 106 Å². The van der Waals surface area contributed by atoms with Crippen molar-refractivity contribution in [3.63, 3.8) is 0 Å². The Balaban J connectivity index is 1.65. The highest BCUT2D eigenvalue weighted by atomic mass is 32.2. The number of likely N-dealkylation sites (N-methyl/N-ethyl adjacent to an activating group) is 1. The number of amides is 1. The maximum atomic E-state index is 12.3. The molecule has 3 aliphatic rings. The molecule has 0 unspecified atom stereocenters. The summed E-state index contributed by atoms with van der Waals surface area (Å²) in [7, 11) is 0. The van der Waals surface area contributed by atoms with Crippen LogP contribution in [0.25, 0.3) is 11.3 Å². The number of rotatable bonds is 4. The van der Waals surface area contributed by atoms with Gasteiger partial charge < -0.3 is 4.74 Å². The first-order valence-electron chi connectivity index (χ1n) is 10.9. The Morgan fingerprint density at radius 1 is 1.03 bits per heavy atom. The van der Waals surface area contributed by atoms with Crippen molar-refractivity contribution in [3.8, 4) is 0 Å². The lowest BCUT2D eigenvalue weighted by molar-refractivity contribution is 0.247. The number of thiocarbonyl (C=S) groups is 1. The second-order valence-electron chi connectivity index (χ2n) is 7.87. The summed E-state index contributed by atoms with van der Waals surface area (Å²) in [5.74, 6) is 1.75. The molecule has 1 saturated heterocycles. The van der Waals surface area contributed by atoms with Crippen molar-refractivity contribution >= 4 is 45.5 Å². The third kappa shape index (κ3) is 3.87. The summed E-state index contributed by atoms with van der Waals surface area (Å²) < 4.78 is 6.55. The molecule has 0 radical (unpaired) electrons. The van der Waals surface area contributed by atoms with Crippen molar-refractivity contribution in [2.24, 2.45) is 0 Å². The van der Waals surface area contributed by atoms with Crippen LogP contribution in [0.5, 0.6) is 0 Å². The maximum absolute atomic E-state index is 12.3. The monoisotopic (exact) mass is 457 g/mol. The van der Waals surface area contributed by atoms with Gasteiger partial charge in [-0.3, -0.25) is 9.69 Å². The van der Waals surface area contributed by atoms with Gasteiger partial charge in [-0.1, -0.05) is 72.9 Å². The average Bonchev–Trinajstić information content (AvgIpc) is 3.11. The Bertz CT molecular complexity index is 1210. The lowest BCUT2D eigenvalue weighted by Gasteiger charge is -2.29. The van der Waals surface area contributed by atoms with E-state index < -0.39 is 0 Å². The molecule has 0 bridgehead atoms. The Labute approximate surface area is 198 Å². The van der Waals surface area contributed by atoms with Gasteiger partial charge in [0.2, 0.25) is 0 Å². The van der Waals surface area contributed by atoms with Crippen molar-refractivity contribution < 1.29 is 9.53 Å². The van der Waals surface area contributed by atoms with Crippen LogP contribution in [-0.2, 0) is 4.74 Å². The molecule has 5 heteroatoms. The quantitative estimate of drug-likeness (QED) is 0.355. The molecular formula is C27H23NO2S2. The number of allylic oxidation sites excluding steroid dienone is 5. The predicted molar refractivity (Wildman–Crippen MR) is 136 cm³/mol. The topological polar surface area (TPSA) is 29.5 Å². The van der Waals surface area contributed by atoms with Crippen LogP contribution < -0.4 is 0 Å². The SMILES string of the molecule is CCN1C(=O)S/C(=C\C2=C3OC(c4ccccc4)=CC(c4ccccc4)=C3CCC2)C1=S. The first kappa shape index (κ1) is 21.0. The summed E-state index contributed by atoms with van der Waals surface area (Å²) in [4.78, 5) is 15.4. The molecule has 1 aliphatic carbocycles. The van der Waals surface area contributed by atoms with E-state index in [2.05, 4.69) is 48.6 Å². The molecule has 5 rings (SSSR count). The van der Waals surface area contributed by atoms with Gasteiger partial charge in [0.25, 0.3) is 5.24 Å². The zero-order valence-electron chi connectivity index (χ0n) is 17.8. The Kier molecular flexibility index (Phi) is 5.85. The minimum absolute atomic E-state index is 0.000308. The first-order valence-corrected chi connectivity index (χ1v) is 12.1. The molecule has 1 amide bonds.